The number of quaternary nitrogens is 3. The molecule has 0 aliphatic carbocycles. The molecule has 1 heterocycles. The molecular formula is C5H8N4O9. The van der Waals surface area contributed by atoms with Crippen LogP contribution in [0.25, 0.3) is 0 Å². The Labute approximate surface area is 97.3 Å². The van der Waals surface area contributed by atoms with Crippen molar-refractivity contribution in [1.29, 1.82) is 0 Å². The molecule has 1 aromatic heterocycles. The van der Waals surface area contributed by atoms with Crippen molar-refractivity contribution in [2.45, 2.75) is 0 Å². The van der Waals surface area contributed by atoms with Gasteiger partial charge in [0.1, 0.15) is 0 Å². The average molecular weight is 268 g/mol. The lowest BCUT2D eigenvalue weighted by Crippen LogP contribution is -2.45. The first kappa shape index (κ1) is 14.7. The first-order chi connectivity index (χ1) is 7.85. The van der Waals surface area contributed by atoms with E-state index < -0.39 is 32.1 Å². The molecule has 0 aliphatic rings. The average Bonchev–Trinajstić information content (AvgIpc) is 2.12. The van der Waals surface area contributed by atoms with Crippen LogP contribution in [0.1, 0.15) is 0 Å². The third kappa shape index (κ3) is 2.91. The highest BCUT2D eigenvalue weighted by molar-refractivity contribution is 5.74. The monoisotopic (exact) mass is 268 g/mol. The standard InChI is InChI=1S/C5H8N4O9/c10-7(11,12)3-1-2-6-5(9(16,17)18)4(3)8(13,14)15/h1-2,10-11,13-14,16-17H. The van der Waals surface area contributed by atoms with Crippen molar-refractivity contribution >= 4 is 17.2 Å². The van der Waals surface area contributed by atoms with Crippen LogP contribution >= 0.6 is 0 Å². The third-order valence-corrected chi connectivity index (χ3v) is 1.76. The fraction of sp³-hybridized carbons (Fsp3) is 0. The van der Waals surface area contributed by atoms with E-state index in [1.165, 1.54) is 0 Å². The molecule has 0 saturated heterocycles. The summed E-state index contributed by atoms with van der Waals surface area (Å²) in [6.45, 7) is 0. The summed E-state index contributed by atoms with van der Waals surface area (Å²) in [4.78, 5) is -7.29. The zero-order valence-electron chi connectivity index (χ0n) is 8.35. The Kier molecular flexibility index (Phi) is 3.36. The molecule has 0 aliphatic heterocycles. The highest BCUT2D eigenvalue weighted by atomic mass is 17.1. The first-order valence-electron chi connectivity index (χ1n) is 4.02. The van der Waals surface area contributed by atoms with Crippen LogP contribution in [0.15, 0.2) is 12.3 Å². The zero-order valence-corrected chi connectivity index (χ0v) is 8.35. The van der Waals surface area contributed by atoms with Crippen LogP contribution in [0.4, 0.5) is 17.2 Å². The van der Waals surface area contributed by atoms with Gasteiger partial charge < -0.3 is 15.6 Å². The van der Waals surface area contributed by atoms with Crippen molar-refractivity contribution in [1.82, 2.24) is 19.9 Å². The van der Waals surface area contributed by atoms with E-state index in [0.717, 1.165) is 0 Å². The predicted molar refractivity (Wildman–Crippen MR) is 50.4 cm³/mol. The number of pyridine rings is 1. The second-order valence-corrected chi connectivity index (χ2v) is 3.13. The van der Waals surface area contributed by atoms with Crippen LogP contribution in [0.3, 0.4) is 0 Å². The van der Waals surface area contributed by atoms with Crippen molar-refractivity contribution in [2.24, 2.45) is 0 Å². The van der Waals surface area contributed by atoms with Crippen molar-refractivity contribution in [3.63, 3.8) is 0 Å². The van der Waals surface area contributed by atoms with Crippen LogP contribution in [-0.2, 0) is 0 Å². The SMILES string of the molecule is [O-][N+](O)(O)c1ccnc([N+]([O-])(O)O)c1[N+]([O-])(O)O. The molecular weight excluding hydrogens is 260 g/mol. The first-order valence-corrected chi connectivity index (χ1v) is 4.02. The lowest BCUT2D eigenvalue weighted by Gasteiger charge is -2.31. The van der Waals surface area contributed by atoms with Gasteiger partial charge in [0.05, 0.1) is 0 Å². The lowest BCUT2D eigenvalue weighted by molar-refractivity contribution is -0.279. The highest BCUT2D eigenvalue weighted by Crippen LogP contribution is 2.40. The number of hydrogen-bond donors (Lipinski definition) is 6. The molecule has 0 radical (unpaired) electrons. The van der Waals surface area contributed by atoms with E-state index >= 15 is 0 Å². The topological polar surface area (TPSA) is 203 Å². The Morgan fingerprint density at radius 2 is 1.33 bits per heavy atom. The van der Waals surface area contributed by atoms with E-state index in [-0.39, 0.29) is 0 Å². The van der Waals surface area contributed by atoms with Gasteiger partial charge in [0.2, 0.25) is 0 Å². The van der Waals surface area contributed by atoms with Gasteiger partial charge in [0.25, 0.3) is 5.69 Å². The summed E-state index contributed by atoms with van der Waals surface area (Å²) in [5.41, 5.74) is -3.22. The van der Waals surface area contributed by atoms with Gasteiger partial charge in [-0.25, -0.2) is 0 Å². The van der Waals surface area contributed by atoms with Gasteiger partial charge in [-0.1, -0.05) is 0 Å². The van der Waals surface area contributed by atoms with Crippen LogP contribution in [0.2, 0.25) is 0 Å². The van der Waals surface area contributed by atoms with Crippen LogP contribution in [0.5, 0.6) is 0 Å². The molecule has 0 amide bonds. The van der Waals surface area contributed by atoms with Crippen molar-refractivity contribution < 1.29 is 31.2 Å². The number of hydrogen-bond acceptors (Lipinski definition) is 10. The number of aromatic nitrogens is 1. The van der Waals surface area contributed by atoms with Gasteiger partial charge >= 0.3 is 11.5 Å². The third-order valence-electron chi connectivity index (χ3n) is 1.76. The minimum absolute atomic E-state index is 0.443. The summed E-state index contributed by atoms with van der Waals surface area (Å²) in [5.74, 6) is -1.64. The van der Waals surface area contributed by atoms with Gasteiger partial charge in [-0.15, -0.1) is 0 Å². The summed E-state index contributed by atoms with van der Waals surface area (Å²) in [5, 5.41) is 84.7. The number of rotatable bonds is 3. The maximum atomic E-state index is 10.9. The van der Waals surface area contributed by atoms with Gasteiger partial charge in [0.15, 0.2) is 0 Å². The molecule has 0 unspecified atom stereocenters. The van der Waals surface area contributed by atoms with Crippen LogP contribution in [-0.4, -0.2) is 36.2 Å². The molecule has 0 fully saturated rings. The molecule has 0 spiro atoms. The van der Waals surface area contributed by atoms with Gasteiger partial charge in [-0.3, -0.25) is 0 Å². The molecule has 13 heteroatoms. The second-order valence-electron chi connectivity index (χ2n) is 3.13. The summed E-state index contributed by atoms with van der Waals surface area (Å²) < 4.78 is 0. The molecule has 1 rings (SSSR count). The Morgan fingerprint density at radius 3 is 1.67 bits per heavy atom. The summed E-state index contributed by atoms with van der Waals surface area (Å²) >= 11 is 0. The molecule has 18 heavy (non-hydrogen) atoms. The second kappa shape index (κ2) is 4.10. The zero-order chi connectivity index (χ0) is 14.4. The normalized spacial score (nSPS) is 13.8. The fourth-order valence-corrected chi connectivity index (χ4v) is 1.16. The van der Waals surface area contributed by atoms with E-state index in [1.54, 1.807) is 0 Å². The molecule has 0 saturated carbocycles. The summed E-state index contributed by atoms with van der Waals surface area (Å²) in [6.07, 6.45) is 0.526. The molecule has 13 nitrogen and oxygen atoms in total. The lowest BCUT2D eigenvalue weighted by atomic mass is 10.3. The Hall–Kier alpha value is -1.33. The smallest absolute Gasteiger partial charge is 0.371 e. The van der Waals surface area contributed by atoms with Crippen molar-refractivity contribution in [3.05, 3.63) is 27.9 Å². The summed E-state index contributed by atoms with van der Waals surface area (Å²) in [6, 6.07) is 0.443. The van der Waals surface area contributed by atoms with E-state index in [0.29, 0.717) is 12.3 Å². The van der Waals surface area contributed by atoms with Gasteiger partial charge in [-0.2, -0.15) is 36.2 Å². The largest absolute Gasteiger partial charge is 0.559 e. The molecule has 6 N–H and O–H groups in total. The van der Waals surface area contributed by atoms with Crippen molar-refractivity contribution in [3.8, 4) is 0 Å². The van der Waals surface area contributed by atoms with Crippen LogP contribution < -0.4 is 14.9 Å². The Morgan fingerprint density at radius 1 is 0.833 bits per heavy atom. The number of nitrogens with zero attached hydrogens (tertiary/aromatic N) is 4. The highest BCUT2D eigenvalue weighted by Gasteiger charge is 2.43. The molecule has 1 aromatic rings. The molecule has 0 atom stereocenters. The maximum absolute atomic E-state index is 10.9. The molecule has 102 valence electrons. The van der Waals surface area contributed by atoms with E-state index in [4.69, 9.17) is 31.2 Å². The predicted octanol–water partition coefficient (Wildman–Crippen LogP) is -0.168. The minimum atomic E-state index is -3.51. The van der Waals surface area contributed by atoms with Crippen molar-refractivity contribution in [2.75, 3.05) is 0 Å². The van der Waals surface area contributed by atoms with Gasteiger partial charge in [-0.05, 0) is 14.9 Å². The molecule has 0 aromatic carbocycles. The van der Waals surface area contributed by atoms with E-state index in [9.17, 15) is 15.6 Å². The van der Waals surface area contributed by atoms with E-state index in [1.807, 2.05) is 0 Å². The quantitative estimate of drug-likeness (QED) is 0.315. The summed E-state index contributed by atoms with van der Waals surface area (Å²) in [7, 11) is 0. The fourth-order valence-electron chi connectivity index (χ4n) is 1.16. The van der Waals surface area contributed by atoms with Gasteiger partial charge in [0, 0.05) is 12.3 Å². The Bertz CT molecular complexity index is 411. The van der Waals surface area contributed by atoms with E-state index in [2.05, 4.69) is 4.98 Å². The Balaban J connectivity index is 3.68. The molecule has 0 bridgehead atoms. The minimum Gasteiger partial charge on any atom is -0.559 e. The van der Waals surface area contributed by atoms with Crippen LogP contribution in [0, 0.1) is 15.6 Å². The maximum Gasteiger partial charge on any atom is 0.371 e.